The van der Waals surface area contributed by atoms with E-state index in [1.807, 2.05) is 0 Å². The third-order valence-corrected chi connectivity index (χ3v) is 2.60. The van der Waals surface area contributed by atoms with Crippen molar-refractivity contribution in [3.8, 4) is 0 Å². The number of amides is 1. The molecule has 0 fully saturated rings. The van der Waals surface area contributed by atoms with Crippen molar-refractivity contribution >= 4 is 21.8 Å². The molecule has 0 aliphatic rings. The second-order valence-electron chi connectivity index (χ2n) is 3.67. The molecule has 1 heterocycles. The summed E-state index contributed by atoms with van der Waals surface area (Å²) in [5.41, 5.74) is 0.502. The van der Waals surface area contributed by atoms with Crippen molar-refractivity contribution in [3.63, 3.8) is 0 Å². The highest BCUT2D eigenvalue weighted by atomic mass is 79.9. The number of carbonyl (C=O) groups is 1. The van der Waals surface area contributed by atoms with E-state index in [2.05, 4.69) is 28.0 Å². The highest BCUT2D eigenvalue weighted by Crippen LogP contribution is 2.06. The summed E-state index contributed by atoms with van der Waals surface area (Å²) in [6.07, 6.45) is 2.71. The highest BCUT2D eigenvalue weighted by molar-refractivity contribution is 9.09. The first kappa shape index (κ1) is 12.2. The molecule has 1 amide bonds. The van der Waals surface area contributed by atoms with Crippen molar-refractivity contribution in [1.29, 1.82) is 0 Å². The van der Waals surface area contributed by atoms with E-state index in [0.29, 0.717) is 10.5 Å². The van der Waals surface area contributed by atoms with Crippen LogP contribution in [0.3, 0.4) is 0 Å². The Morgan fingerprint density at radius 3 is 2.87 bits per heavy atom. The van der Waals surface area contributed by atoms with Gasteiger partial charge in [-0.1, -0.05) is 22.9 Å². The Balaban J connectivity index is 2.53. The van der Waals surface area contributed by atoms with Crippen LogP contribution in [0.5, 0.6) is 0 Å². The SMILES string of the molecule is CC(Br)CCN(C)C(=O)c1ccn(C)n1. The van der Waals surface area contributed by atoms with Gasteiger partial charge < -0.3 is 4.90 Å². The Bertz CT molecular complexity index is 335. The number of aromatic nitrogens is 2. The minimum Gasteiger partial charge on any atom is -0.340 e. The molecule has 1 aromatic heterocycles. The van der Waals surface area contributed by atoms with Gasteiger partial charge in [0.2, 0.25) is 0 Å². The van der Waals surface area contributed by atoms with Crippen molar-refractivity contribution in [2.45, 2.75) is 18.2 Å². The number of hydrogen-bond donors (Lipinski definition) is 0. The smallest absolute Gasteiger partial charge is 0.274 e. The summed E-state index contributed by atoms with van der Waals surface area (Å²) in [6, 6.07) is 1.73. The zero-order valence-corrected chi connectivity index (χ0v) is 10.9. The molecule has 0 saturated heterocycles. The Kier molecular flexibility index (Phi) is 4.32. The van der Waals surface area contributed by atoms with Crippen LogP contribution in [0.2, 0.25) is 0 Å². The minimum atomic E-state index is -0.0243. The molecule has 0 N–H and O–H groups in total. The van der Waals surface area contributed by atoms with Crippen LogP contribution in [-0.4, -0.2) is 39.0 Å². The van der Waals surface area contributed by atoms with Crippen LogP contribution >= 0.6 is 15.9 Å². The van der Waals surface area contributed by atoms with E-state index in [4.69, 9.17) is 0 Å². The zero-order chi connectivity index (χ0) is 11.4. The van der Waals surface area contributed by atoms with Crippen molar-refractivity contribution in [3.05, 3.63) is 18.0 Å². The van der Waals surface area contributed by atoms with Gasteiger partial charge in [-0.2, -0.15) is 5.10 Å². The molecule has 0 spiro atoms. The molecule has 0 aliphatic carbocycles. The highest BCUT2D eigenvalue weighted by Gasteiger charge is 2.14. The maximum absolute atomic E-state index is 11.8. The van der Waals surface area contributed by atoms with Crippen molar-refractivity contribution < 1.29 is 4.79 Å². The Labute approximate surface area is 98.4 Å². The summed E-state index contributed by atoms with van der Waals surface area (Å²) >= 11 is 3.45. The van der Waals surface area contributed by atoms with Crippen molar-refractivity contribution in [2.75, 3.05) is 13.6 Å². The number of carbonyl (C=O) groups excluding carboxylic acids is 1. The van der Waals surface area contributed by atoms with E-state index in [1.54, 1.807) is 35.9 Å². The van der Waals surface area contributed by atoms with E-state index < -0.39 is 0 Å². The summed E-state index contributed by atoms with van der Waals surface area (Å²) < 4.78 is 1.63. The second-order valence-corrected chi connectivity index (χ2v) is 5.23. The van der Waals surface area contributed by atoms with Crippen LogP contribution in [0.4, 0.5) is 0 Å². The summed E-state index contributed by atoms with van der Waals surface area (Å²) in [4.78, 5) is 13.9. The van der Waals surface area contributed by atoms with Gasteiger partial charge >= 0.3 is 0 Å². The molecule has 1 aromatic rings. The van der Waals surface area contributed by atoms with Gasteiger partial charge in [0.25, 0.3) is 5.91 Å². The van der Waals surface area contributed by atoms with Crippen molar-refractivity contribution in [2.24, 2.45) is 7.05 Å². The number of aryl methyl sites for hydroxylation is 1. The fourth-order valence-corrected chi connectivity index (χ4v) is 1.40. The molecule has 0 saturated carbocycles. The lowest BCUT2D eigenvalue weighted by Gasteiger charge is -2.16. The molecule has 1 unspecified atom stereocenters. The molecule has 4 nitrogen and oxygen atoms in total. The average Bonchev–Trinajstić information content (AvgIpc) is 2.60. The predicted octanol–water partition coefficient (Wildman–Crippen LogP) is 1.67. The summed E-state index contributed by atoms with van der Waals surface area (Å²) in [6.45, 7) is 2.81. The monoisotopic (exact) mass is 273 g/mol. The van der Waals surface area contributed by atoms with Gasteiger partial charge in [-0.3, -0.25) is 9.48 Å². The molecule has 15 heavy (non-hydrogen) atoms. The zero-order valence-electron chi connectivity index (χ0n) is 9.27. The second kappa shape index (κ2) is 5.30. The Morgan fingerprint density at radius 1 is 1.73 bits per heavy atom. The first-order valence-corrected chi connectivity index (χ1v) is 5.81. The first-order valence-electron chi connectivity index (χ1n) is 4.90. The topological polar surface area (TPSA) is 38.1 Å². The fraction of sp³-hybridized carbons (Fsp3) is 0.600. The number of rotatable bonds is 4. The van der Waals surface area contributed by atoms with Crippen LogP contribution < -0.4 is 0 Å². The average molecular weight is 274 g/mol. The quantitative estimate of drug-likeness (QED) is 0.783. The van der Waals surface area contributed by atoms with Crippen LogP contribution in [0.25, 0.3) is 0 Å². The largest absolute Gasteiger partial charge is 0.340 e. The van der Waals surface area contributed by atoms with Crippen LogP contribution in [0.1, 0.15) is 23.8 Å². The Hall–Kier alpha value is -0.840. The van der Waals surface area contributed by atoms with E-state index in [-0.39, 0.29) is 5.91 Å². The molecular formula is C10H16BrN3O. The number of hydrogen-bond acceptors (Lipinski definition) is 2. The molecular weight excluding hydrogens is 258 g/mol. The third-order valence-electron chi connectivity index (χ3n) is 2.14. The molecule has 1 rings (SSSR count). The molecule has 0 aliphatic heterocycles. The lowest BCUT2D eigenvalue weighted by atomic mass is 10.3. The van der Waals surface area contributed by atoms with E-state index in [0.717, 1.165) is 13.0 Å². The first-order chi connectivity index (χ1) is 7.00. The maximum atomic E-state index is 11.8. The normalized spacial score (nSPS) is 12.5. The van der Waals surface area contributed by atoms with Gasteiger partial charge in [0, 0.05) is 31.7 Å². The van der Waals surface area contributed by atoms with Crippen LogP contribution in [-0.2, 0) is 7.05 Å². The molecule has 0 radical (unpaired) electrons. The molecule has 0 bridgehead atoms. The Morgan fingerprint density at radius 2 is 2.40 bits per heavy atom. The minimum absolute atomic E-state index is 0.0243. The van der Waals surface area contributed by atoms with Gasteiger partial charge in [0.1, 0.15) is 5.69 Å². The number of nitrogens with zero attached hydrogens (tertiary/aromatic N) is 3. The van der Waals surface area contributed by atoms with Gasteiger partial charge in [0.05, 0.1) is 0 Å². The third kappa shape index (κ3) is 3.66. The summed E-state index contributed by atoms with van der Waals surface area (Å²) in [7, 11) is 3.60. The van der Waals surface area contributed by atoms with Gasteiger partial charge in [-0.05, 0) is 12.5 Å². The summed E-state index contributed by atoms with van der Waals surface area (Å²) in [5.74, 6) is -0.0243. The molecule has 84 valence electrons. The molecule has 1 atom stereocenters. The molecule has 5 heteroatoms. The number of halogens is 1. The molecule has 0 aromatic carbocycles. The van der Waals surface area contributed by atoms with Crippen LogP contribution in [0.15, 0.2) is 12.3 Å². The standard InChI is InChI=1S/C10H16BrN3O/c1-8(11)4-6-13(2)10(15)9-5-7-14(3)12-9/h5,7-8H,4,6H2,1-3H3. The lowest BCUT2D eigenvalue weighted by molar-refractivity contribution is 0.0787. The van der Waals surface area contributed by atoms with Gasteiger partial charge in [-0.25, -0.2) is 0 Å². The number of alkyl halides is 1. The van der Waals surface area contributed by atoms with Crippen molar-refractivity contribution in [1.82, 2.24) is 14.7 Å². The van der Waals surface area contributed by atoms with E-state index in [9.17, 15) is 4.79 Å². The van der Waals surface area contributed by atoms with Gasteiger partial charge in [-0.15, -0.1) is 0 Å². The van der Waals surface area contributed by atoms with Crippen LogP contribution in [0, 0.1) is 0 Å². The maximum Gasteiger partial charge on any atom is 0.274 e. The predicted molar refractivity (Wildman–Crippen MR) is 63.2 cm³/mol. The lowest BCUT2D eigenvalue weighted by Crippen LogP contribution is -2.29. The fourth-order valence-electron chi connectivity index (χ4n) is 1.20. The van der Waals surface area contributed by atoms with E-state index >= 15 is 0 Å². The van der Waals surface area contributed by atoms with Gasteiger partial charge in [0.15, 0.2) is 0 Å². The summed E-state index contributed by atoms with van der Waals surface area (Å²) in [5, 5.41) is 4.07. The van der Waals surface area contributed by atoms with E-state index in [1.165, 1.54) is 0 Å².